The first-order valence-electron chi connectivity index (χ1n) is 10.6. The van der Waals surface area contributed by atoms with Crippen molar-refractivity contribution in [2.45, 2.75) is 53.1 Å². The number of nitrogens with one attached hydrogen (secondary N) is 1. The highest BCUT2D eigenvalue weighted by atomic mass is 32.1. The number of anilines is 1. The molecule has 1 aliphatic rings. The number of hydrogen-bond acceptors (Lipinski definition) is 5. The fraction of sp³-hybridized carbons (Fsp3) is 0.435. The number of carbonyl (C=O) groups is 1. The van der Waals surface area contributed by atoms with E-state index in [-0.39, 0.29) is 18.0 Å². The molecule has 30 heavy (non-hydrogen) atoms. The lowest BCUT2D eigenvalue weighted by Crippen LogP contribution is -2.33. The Hall–Kier alpha value is -2.51. The zero-order valence-corrected chi connectivity index (χ0v) is 18.6. The first kappa shape index (κ1) is 20.8. The van der Waals surface area contributed by atoms with Crippen LogP contribution in [0.2, 0.25) is 0 Å². The fourth-order valence-electron chi connectivity index (χ4n) is 4.08. The molecule has 4 rings (SSSR count). The number of amides is 1. The molecule has 7 heteroatoms. The third kappa shape index (κ3) is 4.04. The minimum absolute atomic E-state index is 0.0304. The zero-order chi connectivity index (χ0) is 21.3. The van der Waals surface area contributed by atoms with Crippen molar-refractivity contribution in [3.8, 4) is 0 Å². The quantitative estimate of drug-likeness (QED) is 0.652. The second-order valence-electron chi connectivity index (χ2n) is 7.92. The second-order valence-corrected chi connectivity index (χ2v) is 9.13. The largest absolute Gasteiger partial charge is 0.324 e. The van der Waals surface area contributed by atoms with Crippen molar-refractivity contribution in [1.29, 1.82) is 0 Å². The lowest BCUT2D eigenvalue weighted by molar-refractivity contribution is -0.116. The fourth-order valence-corrected chi connectivity index (χ4v) is 5.12. The van der Waals surface area contributed by atoms with Gasteiger partial charge in [0.05, 0.1) is 11.9 Å². The predicted molar refractivity (Wildman–Crippen MR) is 122 cm³/mol. The smallest absolute Gasteiger partial charge is 0.263 e. The minimum atomic E-state index is -0.202. The normalized spacial score (nSPS) is 14.5. The molecule has 1 aromatic carbocycles. The Morgan fingerprint density at radius 1 is 1.20 bits per heavy atom. The third-order valence-electron chi connectivity index (χ3n) is 5.91. The van der Waals surface area contributed by atoms with E-state index in [2.05, 4.69) is 17.1 Å². The number of carbonyl (C=O) groups excluding carboxylic acids is 1. The van der Waals surface area contributed by atoms with Crippen LogP contribution in [0.4, 0.5) is 5.69 Å². The lowest BCUT2D eigenvalue weighted by Gasteiger charge is -2.18. The van der Waals surface area contributed by atoms with Crippen LogP contribution in [-0.4, -0.2) is 33.4 Å². The molecule has 2 aromatic heterocycles. The molecule has 0 radical (unpaired) electrons. The van der Waals surface area contributed by atoms with Gasteiger partial charge in [-0.3, -0.25) is 19.1 Å². The summed E-state index contributed by atoms with van der Waals surface area (Å²) in [6.45, 7) is 8.61. The maximum atomic E-state index is 13.4. The van der Waals surface area contributed by atoms with Gasteiger partial charge in [-0.05, 0) is 63.4 Å². The maximum absolute atomic E-state index is 13.4. The van der Waals surface area contributed by atoms with E-state index in [9.17, 15) is 9.59 Å². The van der Waals surface area contributed by atoms with Crippen LogP contribution in [0.15, 0.2) is 29.1 Å². The molecule has 0 saturated carbocycles. The molecule has 1 amide bonds. The molecular weight excluding hydrogens is 396 g/mol. The Bertz CT molecular complexity index is 1140. The average molecular weight is 425 g/mol. The third-order valence-corrected chi connectivity index (χ3v) is 7.01. The van der Waals surface area contributed by atoms with E-state index >= 15 is 0 Å². The lowest BCUT2D eigenvalue weighted by atomic mass is 10.1. The highest BCUT2D eigenvalue weighted by Gasteiger charge is 2.21. The average Bonchev–Trinajstić information content (AvgIpc) is 3.33. The van der Waals surface area contributed by atoms with Crippen molar-refractivity contribution in [3.05, 3.63) is 56.4 Å². The van der Waals surface area contributed by atoms with Crippen molar-refractivity contribution < 1.29 is 4.79 Å². The predicted octanol–water partition coefficient (Wildman–Crippen LogP) is 3.87. The number of likely N-dealkylation sites (tertiary alicyclic amines) is 1. The molecule has 3 aromatic rings. The highest BCUT2D eigenvalue weighted by Crippen LogP contribution is 2.27. The SMILES string of the molecule is CCc1ccccc1NC(=O)Cn1c(CN2CCCC2)nc2sc(C)c(C)c2c1=O. The van der Waals surface area contributed by atoms with Crippen molar-refractivity contribution in [3.63, 3.8) is 0 Å². The van der Waals surface area contributed by atoms with E-state index in [1.54, 1.807) is 15.9 Å². The number of benzene rings is 1. The number of rotatable bonds is 6. The Kier molecular flexibility index (Phi) is 6.01. The van der Waals surface area contributed by atoms with Gasteiger partial charge in [0.15, 0.2) is 0 Å². The number of thiophene rings is 1. The number of para-hydroxylation sites is 1. The van der Waals surface area contributed by atoms with E-state index in [0.717, 1.165) is 58.9 Å². The molecule has 1 N–H and O–H groups in total. The summed E-state index contributed by atoms with van der Waals surface area (Å²) in [6.07, 6.45) is 3.16. The summed E-state index contributed by atoms with van der Waals surface area (Å²) >= 11 is 1.56. The molecule has 6 nitrogen and oxygen atoms in total. The number of nitrogens with zero attached hydrogens (tertiary/aromatic N) is 3. The van der Waals surface area contributed by atoms with Gasteiger partial charge in [0, 0.05) is 10.6 Å². The summed E-state index contributed by atoms with van der Waals surface area (Å²) in [7, 11) is 0. The van der Waals surface area contributed by atoms with Crippen LogP contribution in [0.25, 0.3) is 10.2 Å². The van der Waals surface area contributed by atoms with Crippen molar-refractivity contribution >= 4 is 33.1 Å². The Labute approximate surface area is 180 Å². The van der Waals surface area contributed by atoms with Crippen molar-refractivity contribution in [2.24, 2.45) is 0 Å². The molecule has 1 saturated heterocycles. The van der Waals surface area contributed by atoms with Crippen LogP contribution in [0.5, 0.6) is 0 Å². The summed E-state index contributed by atoms with van der Waals surface area (Å²) in [5, 5.41) is 3.63. The van der Waals surface area contributed by atoms with Gasteiger partial charge in [0.25, 0.3) is 5.56 Å². The van der Waals surface area contributed by atoms with Crippen LogP contribution in [-0.2, 0) is 24.3 Å². The first-order chi connectivity index (χ1) is 14.5. The molecule has 1 aliphatic heterocycles. The van der Waals surface area contributed by atoms with Crippen LogP contribution >= 0.6 is 11.3 Å². The maximum Gasteiger partial charge on any atom is 0.263 e. The van der Waals surface area contributed by atoms with Gasteiger partial charge < -0.3 is 5.32 Å². The molecule has 0 atom stereocenters. The van der Waals surface area contributed by atoms with E-state index in [1.165, 1.54) is 0 Å². The summed E-state index contributed by atoms with van der Waals surface area (Å²) in [5.74, 6) is 0.473. The number of hydrogen-bond donors (Lipinski definition) is 1. The second kappa shape index (κ2) is 8.70. The van der Waals surface area contributed by atoms with Gasteiger partial charge in [-0.15, -0.1) is 11.3 Å². The van der Waals surface area contributed by atoms with E-state index in [1.807, 2.05) is 38.1 Å². The standard InChI is InChI=1S/C23H28N4O2S/c1-4-17-9-5-6-10-18(17)24-20(28)14-27-19(13-26-11-7-8-12-26)25-22-21(23(27)29)15(2)16(3)30-22/h5-6,9-10H,4,7-8,11-14H2,1-3H3,(H,24,28). The van der Waals surface area contributed by atoms with Gasteiger partial charge in [0.2, 0.25) is 5.91 Å². The monoisotopic (exact) mass is 424 g/mol. The van der Waals surface area contributed by atoms with Gasteiger partial charge in [-0.25, -0.2) is 4.98 Å². The first-order valence-corrected chi connectivity index (χ1v) is 11.4. The molecular formula is C23H28N4O2S. The Morgan fingerprint density at radius 3 is 2.67 bits per heavy atom. The number of fused-ring (bicyclic) bond motifs is 1. The Balaban J connectivity index is 1.70. The van der Waals surface area contributed by atoms with Crippen LogP contribution < -0.4 is 10.9 Å². The molecule has 0 bridgehead atoms. The summed E-state index contributed by atoms with van der Waals surface area (Å²) in [4.78, 5) is 35.3. The van der Waals surface area contributed by atoms with E-state index < -0.39 is 0 Å². The highest BCUT2D eigenvalue weighted by molar-refractivity contribution is 7.18. The van der Waals surface area contributed by atoms with Gasteiger partial charge >= 0.3 is 0 Å². The van der Waals surface area contributed by atoms with E-state index in [4.69, 9.17) is 4.98 Å². The minimum Gasteiger partial charge on any atom is -0.324 e. The zero-order valence-electron chi connectivity index (χ0n) is 17.8. The van der Waals surface area contributed by atoms with E-state index in [0.29, 0.717) is 17.8 Å². The number of aromatic nitrogens is 2. The Morgan fingerprint density at radius 2 is 1.93 bits per heavy atom. The van der Waals surface area contributed by atoms with Crippen molar-refractivity contribution in [1.82, 2.24) is 14.5 Å². The summed E-state index contributed by atoms with van der Waals surface area (Å²) in [5.41, 5.74) is 2.73. The van der Waals surface area contributed by atoms with Gasteiger partial charge in [-0.1, -0.05) is 25.1 Å². The molecule has 0 aliphatic carbocycles. The summed E-state index contributed by atoms with van der Waals surface area (Å²) < 4.78 is 1.57. The summed E-state index contributed by atoms with van der Waals surface area (Å²) in [6, 6.07) is 7.78. The molecule has 1 fully saturated rings. The topological polar surface area (TPSA) is 67.2 Å². The number of aryl methyl sites for hydroxylation is 3. The van der Waals surface area contributed by atoms with Crippen LogP contribution in [0, 0.1) is 13.8 Å². The van der Waals surface area contributed by atoms with Gasteiger partial charge in [-0.2, -0.15) is 0 Å². The van der Waals surface area contributed by atoms with Crippen LogP contribution in [0.3, 0.4) is 0 Å². The molecule has 158 valence electrons. The molecule has 0 spiro atoms. The van der Waals surface area contributed by atoms with Crippen LogP contribution in [0.1, 0.15) is 41.6 Å². The van der Waals surface area contributed by atoms with Gasteiger partial charge in [0.1, 0.15) is 17.2 Å². The van der Waals surface area contributed by atoms with Crippen molar-refractivity contribution in [2.75, 3.05) is 18.4 Å². The molecule has 3 heterocycles. The molecule has 0 unspecified atom stereocenters.